The van der Waals surface area contributed by atoms with E-state index in [0.717, 1.165) is 33.9 Å². The second-order valence-corrected chi connectivity index (χ2v) is 18.5. The summed E-state index contributed by atoms with van der Waals surface area (Å²) in [6.07, 6.45) is 32.1. The molecule has 0 saturated heterocycles. The zero-order valence-electron chi connectivity index (χ0n) is 35.5. The molecule has 4 heteroatoms. The lowest BCUT2D eigenvalue weighted by atomic mass is 9.96. The quantitative estimate of drug-likeness (QED) is 0.0512. The SMILES string of the molecule is CCCCCCCCCCCCc1ccc(-c2nc3cc4c(CC)c5sc(-c6ccc(CCCCCCCCCCCC)cc6)nc5cc4c(CC)c3s2)cc1. The highest BCUT2D eigenvalue weighted by Crippen LogP contribution is 2.42. The fourth-order valence-electron chi connectivity index (χ4n) is 8.67. The first kappa shape index (κ1) is 42.5. The van der Waals surface area contributed by atoms with Crippen molar-refractivity contribution in [2.45, 2.75) is 182 Å². The standard InChI is InChI=1S/C52H70N2S2/c1-5-9-11-13-15-17-19-21-23-25-27-39-29-33-41(34-30-39)51-53-47-37-45-44(8-4)50-48(38-46(45)43(7-3)49(47)55-51)54-52(56-50)42-35-31-40(32-36-42)28-26-24-22-20-18-16-14-12-10-6-2/h29-38H,5-28H2,1-4H3. The number of hydrogen-bond acceptors (Lipinski definition) is 4. The zero-order valence-corrected chi connectivity index (χ0v) is 37.1. The van der Waals surface area contributed by atoms with Gasteiger partial charge in [-0.2, -0.15) is 0 Å². The fraction of sp³-hybridized carbons (Fsp3) is 0.538. The molecule has 2 nitrogen and oxygen atoms in total. The molecule has 0 fully saturated rings. The second kappa shape index (κ2) is 22.8. The maximum absolute atomic E-state index is 5.27. The maximum atomic E-state index is 5.27. The van der Waals surface area contributed by atoms with Crippen molar-refractivity contribution in [1.29, 1.82) is 0 Å². The minimum atomic E-state index is 0.986. The van der Waals surface area contributed by atoms with Crippen molar-refractivity contribution in [2.75, 3.05) is 0 Å². The number of rotatable bonds is 26. The van der Waals surface area contributed by atoms with Crippen molar-refractivity contribution in [3.63, 3.8) is 0 Å². The number of fused-ring (bicyclic) bond motifs is 3. The second-order valence-electron chi connectivity index (χ2n) is 16.5. The van der Waals surface area contributed by atoms with Gasteiger partial charge in [0.2, 0.25) is 0 Å². The Balaban J connectivity index is 1.08. The third kappa shape index (κ3) is 11.5. The highest BCUT2D eigenvalue weighted by atomic mass is 32.1. The van der Waals surface area contributed by atoms with Gasteiger partial charge in [0.25, 0.3) is 0 Å². The van der Waals surface area contributed by atoms with Crippen molar-refractivity contribution in [2.24, 2.45) is 0 Å². The highest BCUT2D eigenvalue weighted by Gasteiger charge is 2.19. The molecule has 0 amide bonds. The summed E-state index contributed by atoms with van der Waals surface area (Å²) in [5, 5.41) is 4.98. The molecule has 2 heterocycles. The van der Waals surface area contributed by atoms with E-state index in [4.69, 9.17) is 9.97 Å². The normalized spacial score (nSPS) is 11.9. The molecule has 0 aliphatic rings. The number of thiazole rings is 2. The Hall–Kier alpha value is -3.08. The molecule has 2 aromatic heterocycles. The van der Waals surface area contributed by atoms with Crippen molar-refractivity contribution >= 4 is 53.9 Å². The van der Waals surface area contributed by atoms with Crippen LogP contribution in [-0.4, -0.2) is 9.97 Å². The van der Waals surface area contributed by atoms with Crippen LogP contribution in [0.1, 0.15) is 178 Å². The predicted octanol–water partition coefficient (Wildman–Crippen LogP) is 17.4. The summed E-state index contributed by atoms with van der Waals surface area (Å²) in [5.74, 6) is 0. The molecule has 0 unspecified atom stereocenters. The van der Waals surface area contributed by atoms with Gasteiger partial charge >= 0.3 is 0 Å². The molecule has 56 heavy (non-hydrogen) atoms. The molecule has 0 radical (unpaired) electrons. The van der Waals surface area contributed by atoms with Crippen LogP contribution in [0.25, 0.3) is 52.3 Å². The lowest BCUT2D eigenvalue weighted by Crippen LogP contribution is -1.91. The number of nitrogens with zero attached hydrogens (tertiary/aromatic N) is 2. The molecular formula is C52H70N2S2. The molecule has 0 atom stereocenters. The summed E-state index contributed by atoms with van der Waals surface area (Å²) in [5.41, 5.74) is 10.5. The van der Waals surface area contributed by atoms with E-state index in [0.29, 0.717) is 0 Å². The average Bonchev–Trinajstić information content (AvgIpc) is 3.86. The van der Waals surface area contributed by atoms with Gasteiger partial charge in [0.15, 0.2) is 0 Å². The summed E-state index contributed by atoms with van der Waals surface area (Å²) in [4.78, 5) is 10.5. The van der Waals surface area contributed by atoms with Gasteiger partial charge in [0.1, 0.15) is 10.0 Å². The Bertz CT molecular complexity index is 1900. The van der Waals surface area contributed by atoms with Gasteiger partial charge in [-0.3, -0.25) is 0 Å². The summed E-state index contributed by atoms with van der Waals surface area (Å²) >= 11 is 3.73. The molecule has 300 valence electrons. The van der Waals surface area contributed by atoms with Crippen molar-refractivity contribution < 1.29 is 0 Å². The minimum absolute atomic E-state index is 0.986. The Morgan fingerprint density at radius 1 is 0.393 bits per heavy atom. The molecule has 0 saturated carbocycles. The predicted molar refractivity (Wildman–Crippen MR) is 251 cm³/mol. The largest absolute Gasteiger partial charge is 0.236 e. The number of aromatic nitrogens is 2. The van der Waals surface area contributed by atoms with Crippen LogP contribution in [0.2, 0.25) is 0 Å². The van der Waals surface area contributed by atoms with E-state index in [9.17, 15) is 0 Å². The van der Waals surface area contributed by atoms with Gasteiger partial charge in [-0.05, 0) is 83.7 Å². The Morgan fingerprint density at radius 2 is 0.714 bits per heavy atom. The van der Waals surface area contributed by atoms with Crippen molar-refractivity contribution in [3.05, 3.63) is 82.9 Å². The van der Waals surface area contributed by atoms with Crippen molar-refractivity contribution in [3.8, 4) is 21.1 Å². The number of benzene rings is 4. The summed E-state index contributed by atoms with van der Waals surface area (Å²) in [6, 6.07) is 23.3. The van der Waals surface area contributed by atoms with Crippen LogP contribution < -0.4 is 0 Å². The van der Waals surface area contributed by atoms with Crippen LogP contribution in [0, 0.1) is 0 Å². The Morgan fingerprint density at radius 3 is 1.04 bits per heavy atom. The van der Waals surface area contributed by atoms with E-state index in [1.54, 1.807) is 0 Å². The third-order valence-corrected chi connectivity index (χ3v) is 14.5. The zero-order chi connectivity index (χ0) is 39.0. The third-order valence-electron chi connectivity index (χ3n) is 12.1. The molecule has 4 aromatic carbocycles. The Kier molecular flexibility index (Phi) is 17.3. The van der Waals surface area contributed by atoms with Gasteiger partial charge in [-0.15, -0.1) is 22.7 Å². The molecular weight excluding hydrogens is 717 g/mol. The van der Waals surface area contributed by atoms with Crippen LogP contribution >= 0.6 is 22.7 Å². The van der Waals surface area contributed by atoms with Gasteiger partial charge in [-0.1, -0.05) is 192 Å². The maximum Gasteiger partial charge on any atom is 0.124 e. The average molecular weight is 787 g/mol. The first-order chi connectivity index (χ1) is 27.6. The van der Waals surface area contributed by atoms with E-state index in [2.05, 4.69) is 88.4 Å². The fourth-order valence-corrected chi connectivity index (χ4v) is 11.0. The molecule has 0 spiro atoms. The van der Waals surface area contributed by atoms with Gasteiger partial charge in [-0.25, -0.2) is 9.97 Å². The van der Waals surface area contributed by atoms with Crippen LogP contribution in [0.5, 0.6) is 0 Å². The molecule has 6 rings (SSSR count). The summed E-state index contributed by atoms with van der Waals surface area (Å²) in [6.45, 7) is 9.20. The molecule has 0 N–H and O–H groups in total. The first-order valence-electron chi connectivity index (χ1n) is 23.0. The molecule has 0 bridgehead atoms. The van der Waals surface area contributed by atoms with E-state index in [-0.39, 0.29) is 0 Å². The Labute approximate surface area is 348 Å². The number of hydrogen-bond donors (Lipinski definition) is 0. The van der Waals surface area contributed by atoms with E-state index >= 15 is 0 Å². The van der Waals surface area contributed by atoms with Gasteiger partial charge in [0.05, 0.1) is 20.4 Å². The van der Waals surface area contributed by atoms with Crippen LogP contribution in [0.4, 0.5) is 0 Å². The van der Waals surface area contributed by atoms with Crippen molar-refractivity contribution in [1.82, 2.24) is 9.97 Å². The number of unbranched alkanes of at least 4 members (excludes halogenated alkanes) is 18. The van der Waals surface area contributed by atoms with Crippen LogP contribution in [0.15, 0.2) is 60.7 Å². The smallest absolute Gasteiger partial charge is 0.124 e. The monoisotopic (exact) mass is 786 g/mol. The van der Waals surface area contributed by atoms with Gasteiger partial charge in [0, 0.05) is 11.1 Å². The molecule has 6 aromatic rings. The molecule has 0 aliphatic carbocycles. The number of aryl methyl sites for hydroxylation is 4. The minimum Gasteiger partial charge on any atom is -0.236 e. The van der Waals surface area contributed by atoms with Crippen LogP contribution in [0.3, 0.4) is 0 Å². The van der Waals surface area contributed by atoms with E-state index < -0.39 is 0 Å². The first-order valence-corrected chi connectivity index (χ1v) is 24.6. The summed E-state index contributed by atoms with van der Waals surface area (Å²) < 4.78 is 2.67. The lowest BCUT2D eigenvalue weighted by Gasteiger charge is -2.10. The van der Waals surface area contributed by atoms with Gasteiger partial charge < -0.3 is 0 Å². The molecule has 0 aliphatic heterocycles. The van der Waals surface area contributed by atoms with E-state index in [1.807, 2.05) is 22.7 Å². The topological polar surface area (TPSA) is 25.8 Å². The van der Waals surface area contributed by atoms with E-state index in [1.165, 1.54) is 195 Å². The highest BCUT2D eigenvalue weighted by molar-refractivity contribution is 7.22. The summed E-state index contributed by atoms with van der Waals surface area (Å²) in [7, 11) is 0. The lowest BCUT2D eigenvalue weighted by molar-refractivity contribution is 0.556. The van der Waals surface area contributed by atoms with Crippen LogP contribution in [-0.2, 0) is 25.7 Å².